The van der Waals surface area contributed by atoms with Crippen LogP contribution in [0.25, 0.3) is 11.3 Å². The van der Waals surface area contributed by atoms with Gasteiger partial charge in [0, 0.05) is 17.2 Å². The van der Waals surface area contributed by atoms with Crippen molar-refractivity contribution >= 4 is 28.7 Å². The van der Waals surface area contributed by atoms with Gasteiger partial charge >= 0.3 is 5.97 Å². The topological polar surface area (TPSA) is 81.4 Å². The fraction of sp³-hybridized carbons (Fsp3) is 0.0556. The minimum absolute atomic E-state index is 0.0849. The number of anilines is 1. The van der Waals surface area contributed by atoms with Crippen LogP contribution in [0.15, 0.2) is 65.2 Å². The summed E-state index contributed by atoms with van der Waals surface area (Å²) >= 11 is 5.35. The van der Waals surface area contributed by atoms with Crippen LogP contribution < -0.4 is 5.32 Å². The van der Waals surface area contributed by atoms with Crippen molar-refractivity contribution in [3.8, 4) is 11.3 Å². The van der Waals surface area contributed by atoms with Crippen LogP contribution in [0.4, 0.5) is 5.88 Å². The molecule has 3 rings (SSSR count). The van der Waals surface area contributed by atoms with E-state index in [0.717, 1.165) is 5.56 Å². The Balaban J connectivity index is 1.53. The van der Waals surface area contributed by atoms with Gasteiger partial charge in [-0.05, 0) is 35.9 Å². The van der Waals surface area contributed by atoms with Gasteiger partial charge in [0.1, 0.15) is 5.69 Å². The highest BCUT2D eigenvalue weighted by molar-refractivity contribution is 6.67. The van der Waals surface area contributed by atoms with E-state index in [1.54, 1.807) is 6.07 Å². The number of benzene rings is 2. The Kier molecular flexibility index (Phi) is 5.11. The van der Waals surface area contributed by atoms with Crippen LogP contribution in [-0.4, -0.2) is 23.1 Å². The van der Waals surface area contributed by atoms with Crippen LogP contribution in [0.1, 0.15) is 20.7 Å². The molecule has 7 heteroatoms. The predicted molar refractivity (Wildman–Crippen MR) is 92.5 cm³/mol. The van der Waals surface area contributed by atoms with Crippen LogP contribution in [0.2, 0.25) is 0 Å². The smallest absolute Gasteiger partial charge is 0.339 e. The van der Waals surface area contributed by atoms with E-state index in [-0.39, 0.29) is 6.73 Å². The van der Waals surface area contributed by atoms with E-state index in [2.05, 4.69) is 10.5 Å². The van der Waals surface area contributed by atoms with E-state index >= 15 is 0 Å². The summed E-state index contributed by atoms with van der Waals surface area (Å²) in [6.07, 6.45) is 0. The van der Waals surface area contributed by atoms with Crippen LogP contribution in [-0.2, 0) is 4.74 Å². The molecular formula is C18H13ClN2O4. The Morgan fingerprint density at radius 3 is 2.40 bits per heavy atom. The van der Waals surface area contributed by atoms with Crippen molar-refractivity contribution in [2.75, 3.05) is 12.0 Å². The quantitative estimate of drug-likeness (QED) is 0.409. The normalized spacial score (nSPS) is 10.3. The maximum atomic E-state index is 11.9. The van der Waals surface area contributed by atoms with Gasteiger partial charge in [-0.3, -0.25) is 4.79 Å². The average molecular weight is 357 g/mol. The molecule has 0 bridgehead atoms. The molecule has 0 unspecified atom stereocenters. The average Bonchev–Trinajstić information content (AvgIpc) is 3.11. The Morgan fingerprint density at radius 2 is 1.72 bits per heavy atom. The zero-order chi connectivity index (χ0) is 17.6. The van der Waals surface area contributed by atoms with Gasteiger partial charge in [0.05, 0.1) is 5.56 Å². The number of hydrogen-bond donors (Lipinski definition) is 1. The number of nitrogens with one attached hydrogen (secondary N) is 1. The van der Waals surface area contributed by atoms with Crippen molar-refractivity contribution in [1.82, 2.24) is 5.16 Å². The molecule has 0 atom stereocenters. The minimum atomic E-state index is -0.582. The summed E-state index contributed by atoms with van der Waals surface area (Å²) in [4.78, 5) is 22.9. The van der Waals surface area contributed by atoms with Gasteiger partial charge in [0.25, 0.3) is 5.24 Å². The van der Waals surface area contributed by atoms with Gasteiger partial charge < -0.3 is 14.6 Å². The molecule has 1 aromatic heterocycles. The highest BCUT2D eigenvalue weighted by Crippen LogP contribution is 2.21. The molecule has 25 heavy (non-hydrogen) atoms. The Labute approximate surface area is 148 Å². The summed E-state index contributed by atoms with van der Waals surface area (Å²) in [6, 6.07) is 17.1. The Morgan fingerprint density at radius 1 is 1.04 bits per heavy atom. The van der Waals surface area contributed by atoms with Gasteiger partial charge in [-0.1, -0.05) is 35.5 Å². The number of carbonyl (C=O) groups excluding carboxylic acids is 2. The molecular weight excluding hydrogens is 344 g/mol. The summed E-state index contributed by atoms with van der Waals surface area (Å²) in [5.41, 5.74) is 2.22. The standard InChI is InChI=1S/C18H13ClN2O4/c19-17(22)13-6-8-14(9-7-13)18(23)24-11-20-16-10-15(21-25-16)12-4-2-1-3-5-12/h1-10,20H,11H2. The third-order valence-electron chi connectivity index (χ3n) is 3.38. The fourth-order valence-corrected chi connectivity index (χ4v) is 2.22. The number of rotatable bonds is 6. The molecule has 3 aromatic rings. The second kappa shape index (κ2) is 7.63. The van der Waals surface area contributed by atoms with Crippen molar-refractivity contribution in [3.63, 3.8) is 0 Å². The van der Waals surface area contributed by atoms with Gasteiger partial charge in [0.15, 0.2) is 6.73 Å². The van der Waals surface area contributed by atoms with Gasteiger partial charge in [-0.25, -0.2) is 4.79 Å². The lowest BCUT2D eigenvalue weighted by atomic mass is 10.1. The summed E-state index contributed by atoms with van der Waals surface area (Å²) in [5.74, 6) is -0.154. The summed E-state index contributed by atoms with van der Waals surface area (Å²) in [5, 5.41) is 6.18. The summed E-state index contributed by atoms with van der Waals surface area (Å²) < 4.78 is 10.2. The fourth-order valence-electron chi connectivity index (χ4n) is 2.10. The van der Waals surface area contributed by atoms with E-state index in [1.807, 2.05) is 30.3 Å². The second-order valence-corrected chi connectivity index (χ2v) is 5.39. The van der Waals surface area contributed by atoms with E-state index in [4.69, 9.17) is 20.9 Å². The zero-order valence-corrected chi connectivity index (χ0v) is 13.7. The van der Waals surface area contributed by atoms with Crippen molar-refractivity contribution < 1.29 is 18.8 Å². The lowest BCUT2D eigenvalue weighted by Gasteiger charge is -2.05. The third-order valence-corrected chi connectivity index (χ3v) is 3.60. The number of aromatic nitrogens is 1. The molecule has 1 N–H and O–H groups in total. The number of hydrogen-bond acceptors (Lipinski definition) is 6. The van der Waals surface area contributed by atoms with E-state index < -0.39 is 11.2 Å². The molecule has 0 saturated carbocycles. The maximum Gasteiger partial charge on any atom is 0.339 e. The molecule has 126 valence electrons. The molecule has 0 spiro atoms. The van der Waals surface area contributed by atoms with Gasteiger partial charge in [-0.2, -0.15) is 0 Å². The first-order valence-corrected chi connectivity index (χ1v) is 7.74. The molecule has 6 nitrogen and oxygen atoms in total. The van der Waals surface area contributed by atoms with Crippen LogP contribution >= 0.6 is 11.6 Å². The van der Waals surface area contributed by atoms with E-state index in [9.17, 15) is 9.59 Å². The van der Waals surface area contributed by atoms with Crippen LogP contribution in [0.3, 0.4) is 0 Å². The molecule has 0 fully saturated rings. The summed E-state index contributed by atoms with van der Waals surface area (Å²) in [6.45, 7) is -0.0849. The van der Waals surface area contributed by atoms with Crippen molar-refractivity contribution in [2.24, 2.45) is 0 Å². The molecule has 0 aliphatic rings. The van der Waals surface area contributed by atoms with Gasteiger partial charge in [-0.15, -0.1) is 0 Å². The number of halogens is 1. The summed E-state index contributed by atoms with van der Waals surface area (Å²) in [7, 11) is 0. The molecule has 0 aliphatic carbocycles. The number of nitrogens with zero attached hydrogens (tertiary/aromatic N) is 1. The predicted octanol–water partition coefficient (Wildman–Crippen LogP) is 3.95. The van der Waals surface area contributed by atoms with Crippen molar-refractivity contribution in [1.29, 1.82) is 0 Å². The highest BCUT2D eigenvalue weighted by atomic mass is 35.5. The SMILES string of the molecule is O=C(Cl)c1ccc(C(=O)OCNc2cc(-c3ccccc3)no2)cc1. The second-order valence-electron chi connectivity index (χ2n) is 5.05. The van der Waals surface area contributed by atoms with E-state index in [0.29, 0.717) is 22.7 Å². The molecule has 1 heterocycles. The lowest BCUT2D eigenvalue weighted by Crippen LogP contribution is -2.12. The highest BCUT2D eigenvalue weighted by Gasteiger charge is 2.10. The third kappa shape index (κ3) is 4.24. The molecule has 0 aliphatic heterocycles. The maximum absolute atomic E-state index is 11.9. The van der Waals surface area contributed by atoms with Crippen molar-refractivity contribution in [2.45, 2.75) is 0 Å². The number of esters is 1. The first-order chi connectivity index (χ1) is 12.1. The lowest BCUT2D eigenvalue weighted by molar-refractivity contribution is 0.0531. The largest absolute Gasteiger partial charge is 0.441 e. The number of ether oxygens (including phenoxy) is 1. The molecule has 0 radical (unpaired) electrons. The Bertz CT molecular complexity index is 876. The Hall–Kier alpha value is -3.12. The monoisotopic (exact) mass is 356 g/mol. The zero-order valence-electron chi connectivity index (χ0n) is 12.9. The minimum Gasteiger partial charge on any atom is -0.441 e. The molecule has 0 saturated heterocycles. The number of carbonyl (C=O) groups is 2. The first-order valence-electron chi connectivity index (χ1n) is 7.36. The van der Waals surface area contributed by atoms with Crippen LogP contribution in [0, 0.1) is 0 Å². The van der Waals surface area contributed by atoms with Crippen molar-refractivity contribution in [3.05, 3.63) is 71.8 Å². The first kappa shape index (κ1) is 16.7. The van der Waals surface area contributed by atoms with Crippen LogP contribution in [0.5, 0.6) is 0 Å². The van der Waals surface area contributed by atoms with E-state index in [1.165, 1.54) is 24.3 Å². The van der Waals surface area contributed by atoms with Gasteiger partial charge in [0.2, 0.25) is 5.88 Å². The molecule has 2 aromatic carbocycles. The molecule has 0 amide bonds.